The van der Waals surface area contributed by atoms with Gasteiger partial charge in [-0.15, -0.1) is 0 Å². The normalized spacial score (nSPS) is 17.1. The zero-order valence-corrected chi connectivity index (χ0v) is 10.5. The van der Waals surface area contributed by atoms with Crippen LogP contribution >= 0.6 is 0 Å². The third-order valence-corrected chi connectivity index (χ3v) is 4.04. The van der Waals surface area contributed by atoms with Gasteiger partial charge in [0.1, 0.15) is 0 Å². The second-order valence-electron chi connectivity index (χ2n) is 4.05. The van der Waals surface area contributed by atoms with Crippen molar-refractivity contribution in [3.63, 3.8) is 0 Å². The Morgan fingerprint density at radius 1 is 1.47 bits per heavy atom. The van der Waals surface area contributed by atoms with Crippen LogP contribution in [0.5, 0.6) is 0 Å². The summed E-state index contributed by atoms with van der Waals surface area (Å²) >= 11 is 0. The van der Waals surface area contributed by atoms with Crippen molar-refractivity contribution in [2.45, 2.75) is 6.92 Å². The van der Waals surface area contributed by atoms with Gasteiger partial charge < -0.3 is 10.6 Å². The number of carbonyl (C=O) groups is 1. The molecule has 92 valence electrons. The minimum absolute atomic E-state index is 0.119. The smallest absolute Gasteiger partial charge is 0.257 e. The highest BCUT2D eigenvalue weighted by atomic mass is 32.2. The number of anilines is 1. The molecule has 0 unspecified atom stereocenters. The van der Waals surface area contributed by atoms with Crippen LogP contribution in [-0.4, -0.2) is 44.6 Å². The predicted octanol–water partition coefficient (Wildman–Crippen LogP) is 0.177. The highest BCUT2D eigenvalue weighted by molar-refractivity contribution is 7.85. The monoisotopic (exact) mass is 253 g/mol. The van der Waals surface area contributed by atoms with Gasteiger partial charge in [-0.3, -0.25) is 14.0 Å². The van der Waals surface area contributed by atoms with Crippen molar-refractivity contribution in [2.75, 3.05) is 30.3 Å². The first kappa shape index (κ1) is 12.0. The molecule has 1 aromatic heterocycles. The van der Waals surface area contributed by atoms with E-state index in [2.05, 4.69) is 4.98 Å². The first-order valence-electron chi connectivity index (χ1n) is 5.44. The van der Waals surface area contributed by atoms with E-state index in [-0.39, 0.29) is 5.91 Å². The molecule has 5 nitrogen and oxygen atoms in total. The van der Waals surface area contributed by atoms with Gasteiger partial charge in [-0.05, 0) is 13.0 Å². The van der Waals surface area contributed by atoms with Crippen molar-refractivity contribution in [1.82, 2.24) is 9.88 Å². The number of nitrogens with two attached hydrogens (primary N) is 1. The van der Waals surface area contributed by atoms with Crippen LogP contribution in [0, 0.1) is 6.92 Å². The Labute approximate surface area is 102 Å². The highest BCUT2D eigenvalue weighted by Crippen LogP contribution is 2.15. The van der Waals surface area contributed by atoms with Gasteiger partial charge >= 0.3 is 0 Å². The third kappa shape index (κ3) is 2.63. The Balaban J connectivity index is 2.16. The van der Waals surface area contributed by atoms with Crippen molar-refractivity contribution in [3.05, 3.63) is 23.5 Å². The van der Waals surface area contributed by atoms with Crippen LogP contribution in [0.3, 0.4) is 0 Å². The van der Waals surface area contributed by atoms with E-state index in [0.717, 1.165) is 5.69 Å². The third-order valence-electron chi connectivity index (χ3n) is 2.77. The van der Waals surface area contributed by atoms with E-state index in [9.17, 15) is 9.00 Å². The van der Waals surface area contributed by atoms with Crippen LogP contribution in [0.25, 0.3) is 0 Å². The predicted molar refractivity (Wildman–Crippen MR) is 67.2 cm³/mol. The van der Waals surface area contributed by atoms with Gasteiger partial charge in [0.2, 0.25) is 0 Å². The first-order valence-corrected chi connectivity index (χ1v) is 6.93. The molecule has 0 bridgehead atoms. The number of nitrogens with zero attached hydrogens (tertiary/aromatic N) is 2. The SMILES string of the molecule is Cc1cc(N)c(C(=O)N2CCS(=O)CC2)cn1. The summed E-state index contributed by atoms with van der Waals surface area (Å²) in [5.74, 6) is 0.974. The fraction of sp³-hybridized carbons (Fsp3) is 0.455. The number of rotatable bonds is 1. The number of aryl methyl sites for hydroxylation is 1. The number of aromatic nitrogens is 1. The molecule has 0 atom stereocenters. The van der Waals surface area contributed by atoms with Crippen LogP contribution in [0.15, 0.2) is 12.3 Å². The molecule has 0 spiro atoms. The summed E-state index contributed by atoms with van der Waals surface area (Å²) in [7, 11) is -0.784. The van der Waals surface area contributed by atoms with Crippen molar-refractivity contribution < 1.29 is 9.00 Å². The number of hydrogen-bond donors (Lipinski definition) is 1. The molecule has 1 saturated heterocycles. The molecular formula is C11H15N3O2S. The standard InChI is InChI=1S/C11H15N3O2S/c1-8-6-10(12)9(7-13-8)11(15)14-2-4-17(16)5-3-14/h6-7H,2-5H2,1H3,(H2,12,13). The van der Waals surface area contributed by atoms with Gasteiger partial charge in [0, 0.05) is 53.0 Å². The van der Waals surface area contributed by atoms with Crippen LogP contribution in [0.2, 0.25) is 0 Å². The fourth-order valence-corrected chi connectivity index (χ4v) is 2.82. The Morgan fingerprint density at radius 2 is 2.12 bits per heavy atom. The van der Waals surface area contributed by atoms with Crippen LogP contribution < -0.4 is 5.73 Å². The lowest BCUT2D eigenvalue weighted by molar-refractivity contribution is 0.0772. The van der Waals surface area contributed by atoms with Crippen molar-refractivity contribution in [3.8, 4) is 0 Å². The molecule has 0 radical (unpaired) electrons. The molecular weight excluding hydrogens is 238 g/mol. The van der Waals surface area contributed by atoms with E-state index < -0.39 is 10.8 Å². The largest absolute Gasteiger partial charge is 0.398 e. The molecule has 1 aromatic rings. The number of pyridine rings is 1. The molecule has 0 saturated carbocycles. The van der Waals surface area contributed by atoms with E-state index in [0.29, 0.717) is 35.8 Å². The average molecular weight is 253 g/mol. The highest BCUT2D eigenvalue weighted by Gasteiger charge is 2.22. The summed E-state index contributed by atoms with van der Waals surface area (Å²) in [6.45, 7) is 2.88. The molecule has 0 aliphatic carbocycles. The van der Waals surface area contributed by atoms with Gasteiger partial charge in [0.05, 0.1) is 5.56 Å². The minimum Gasteiger partial charge on any atom is -0.398 e. The molecule has 6 heteroatoms. The van der Waals surface area contributed by atoms with Crippen molar-refractivity contribution in [1.29, 1.82) is 0 Å². The summed E-state index contributed by atoms with van der Waals surface area (Å²) in [6.07, 6.45) is 1.51. The molecule has 2 N–H and O–H groups in total. The lowest BCUT2D eigenvalue weighted by atomic mass is 10.2. The van der Waals surface area contributed by atoms with E-state index in [4.69, 9.17) is 5.73 Å². The zero-order chi connectivity index (χ0) is 12.4. The number of amides is 1. The van der Waals surface area contributed by atoms with E-state index in [1.165, 1.54) is 6.20 Å². The summed E-state index contributed by atoms with van der Waals surface area (Å²) in [5.41, 5.74) is 7.49. The first-order chi connectivity index (χ1) is 8.08. The van der Waals surface area contributed by atoms with Gasteiger partial charge in [-0.1, -0.05) is 0 Å². The van der Waals surface area contributed by atoms with Crippen LogP contribution in [0.4, 0.5) is 5.69 Å². The van der Waals surface area contributed by atoms with Crippen molar-refractivity contribution in [2.24, 2.45) is 0 Å². The lowest BCUT2D eigenvalue weighted by Crippen LogP contribution is -2.42. The average Bonchev–Trinajstić information content (AvgIpc) is 2.29. The van der Waals surface area contributed by atoms with Gasteiger partial charge in [-0.2, -0.15) is 0 Å². The molecule has 17 heavy (non-hydrogen) atoms. The maximum atomic E-state index is 12.1. The van der Waals surface area contributed by atoms with Gasteiger partial charge in [0.15, 0.2) is 0 Å². The van der Waals surface area contributed by atoms with Crippen LogP contribution in [-0.2, 0) is 10.8 Å². The zero-order valence-electron chi connectivity index (χ0n) is 9.68. The maximum absolute atomic E-state index is 12.1. The summed E-state index contributed by atoms with van der Waals surface area (Å²) < 4.78 is 11.2. The van der Waals surface area contributed by atoms with E-state index in [1.54, 1.807) is 11.0 Å². The molecule has 1 aliphatic rings. The summed E-state index contributed by atoms with van der Waals surface area (Å²) in [6, 6.07) is 1.69. The molecule has 1 amide bonds. The van der Waals surface area contributed by atoms with E-state index >= 15 is 0 Å². The van der Waals surface area contributed by atoms with Gasteiger partial charge in [-0.25, -0.2) is 0 Å². The molecule has 0 aromatic carbocycles. The number of carbonyl (C=O) groups excluding carboxylic acids is 1. The Hall–Kier alpha value is -1.43. The Bertz CT molecular complexity index is 466. The van der Waals surface area contributed by atoms with Crippen LogP contribution in [0.1, 0.15) is 16.1 Å². The Morgan fingerprint density at radius 3 is 2.71 bits per heavy atom. The number of nitrogen functional groups attached to an aromatic ring is 1. The quantitative estimate of drug-likeness (QED) is 0.774. The molecule has 1 fully saturated rings. The minimum atomic E-state index is -0.784. The number of hydrogen-bond acceptors (Lipinski definition) is 4. The second-order valence-corrected chi connectivity index (χ2v) is 5.75. The molecule has 2 heterocycles. The maximum Gasteiger partial charge on any atom is 0.257 e. The van der Waals surface area contributed by atoms with Gasteiger partial charge in [0.25, 0.3) is 5.91 Å². The summed E-state index contributed by atoms with van der Waals surface area (Å²) in [4.78, 5) is 17.9. The Kier molecular flexibility index (Phi) is 3.42. The van der Waals surface area contributed by atoms with E-state index in [1.807, 2.05) is 6.92 Å². The molecule has 2 rings (SSSR count). The summed E-state index contributed by atoms with van der Waals surface area (Å²) in [5, 5.41) is 0. The second kappa shape index (κ2) is 4.83. The van der Waals surface area contributed by atoms with Crippen molar-refractivity contribution >= 4 is 22.4 Å². The topological polar surface area (TPSA) is 76.3 Å². The fourth-order valence-electron chi connectivity index (χ4n) is 1.77. The lowest BCUT2D eigenvalue weighted by Gasteiger charge is -2.26. The molecule has 1 aliphatic heterocycles.